The van der Waals surface area contributed by atoms with Gasteiger partial charge < -0.3 is 19.8 Å². The van der Waals surface area contributed by atoms with Gasteiger partial charge in [0.1, 0.15) is 6.61 Å². The Balaban J connectivity index is 1.72. The van der Waals surface area contributed by atoms with E-state index in [0.29, 0.717) is 29.1 Å². The molecule has 2 aromatic heterocycles. The van der Waals surface area contributed by atoms with E-state index in [2.05, 4.69) is 32.9 Å². The Hall–Kier alpha value is -4.10. The molecule has 0 bridgehead atoms. The minimum atomic E-state index is -1.87. The molecule has 2 aliphatic rings. The first-order valence-electron chi connectivity index (χ1n) is 12.8. The maximum Gasteiger partial charge on any atom is 0.343 e. The number of aliphatic hydroxyl groups is 1. The average Bonchev–Trinajstić information content (AvgIpc) is 3.27. The van der Waals surface area contributed by atoms with E-state index in [1.54, 1.807) is 17.6 Å². The maximum atomic E-state index is 13.8. The van der Waals surface area contributed by atoms with Crippen LogP contribution in [0.25, 0.3) is 33.4 Å². The summed E-state index contributed by atoms with van der Waals surface area (Å²) in [6.45, 7) is 8.37. The van der Waals surface area contributed by atoms with Crippen LogP contribution in [0.2, 0.25) is 0 Å². The van der Waals surface area contributed by atoms with Crippen molar-refractivity contribution in [2.24, 2.45) is 0 Å². The van der Waals surface area contributed by atoms with Crippen molar-refractivity contribution < 1.29 is 14.6 Å². The summed E-state index contributed by atoms with van der Waals surface area (Å²) >= 11 is 0. The van der Waals surface area contributed by atoms with Crippen LogP contribution in [0, 0.1) is 5.41 Å². The van der Waals surface area contributed by atoms with Crippen molar-refractivity contribution in [1.29, 1.82) is 5.41 Å². The summed E-state index contributed by atoms with van der Waals surface area (Å²) in [5.74, 6) is -0.736. The number of carbonyl (C=O) groups excluding carboxylic acids is 1. The van der Waals surface area contributed by atoms with Crippen molar-refractivity contribution in [3.63, 3.8) is 0 Å². The highest BCUT2D eigenvalue weighted by atomic mass is 16.6. The van der Waals surface area contributed by atoms with E-state index in [0.717, 1.165) is 38.7 Å². The van der Waals surface area contributed by atoms with E-state index in [1.165, 1.54) is 6.21 Å². The lowest BCUT2D eigenvalue weighted by atomic mass is 9.80. The summed E-state index contributed by atoms with van der Waals surface area (Å²) < 4.78 is 6.90. The van der Waals surface area contributed by atoms with E-state index < -0.39 is 11.6 Å². The normalized spacial score (nSPS) is 18.1. The molecule has 6 rings (SSSR count). The molecular weight excluding hydrogens is 478 g/mol. The smallest absolute Gasteiger partial charge is 0.343 e. The number of pyridine rings is 2. The molecule has 38 heavy (non-hydrogen) atoms. The molecule has 0 aliphatic carbocycles. The fourth-order valence-corrected chi connectivity index (χ4v) is 5.85. The largest absolute Gasteiger partial charge is 0.458 e. The fourth-order valence-electron chi connectivity index (χ4n) is 5.85. The molecule has 7 nitrogen and oxygen atoms in total. The second-order valence-electron chi connectivity index (χ2n) is 11.1. The number of esters is 1. The third-order valence-corrected chi connectivity index (χ3v) is 7.88. The zero-order valence-electron chi connectivity index (χ0n) is 21.9. The lowest BCUT2D eigenvalue weighted by Gasteiger charge is -2.31. The monoisotopic (exact) mass is 507 g/mol. The number of cyclic esters (lactones) is 1. The number of hydrogen-bond donors (Lipinski definition) is 2. The molecule has 2 N–H and O–H groups in total. The number of fused-ring (bicyclic) bond motifs is 5. The minimum absolute atomic E-state index is 0.0936. The number of ether oxygens (including phenoxy) is 1. The summed E-state index contributed by atoms with van der Waals surface area (Å²) in [7, 11) is 0. The van der Waals surface area contributed by atoms with Gasteiger partial charge in [-0.2, -0.15) is 0 Å². The molecule has 1 unspecified atom stereocenters. The number of aromatic nitrogens is 2. The van der Waals surface area contributed by atoms with E-state index in [1.807, 2.05) is 30.3 Å². The van der Waals surface area contributed by atoms with Crippen molar-refractivity contribution in [3.8, 4) is 22.5 Å². The second kappa shape index (κ2) is 8.20. The van der Waals surface area contributed by atoms with Crippen molar-refractivity contribution in [2.75, 3.05) is 0 Å². The SMILES string of the molecule is CCC1(O)C(=O)OCc2c1cc1n(c2=O)Cc2c-1nc1ccc(C=N)cc1c2-c1ccccc1C(C)(C)C. The Morgan fingerprint density at radius 1 is 1.13 bits per heavy atom. The molecule has 4 heterocycles. The zero-order valence-corrected chi connectivity index (χ0v) is 21.9. The highest BCUT2D eigenvalue weighted by Crippen LogP contribution is 2.45. The molecule has 7 heteroatoms. The molecule has 2 aliphatic heterocycles. The van der Waals surface area contributed by atoms with Gasteiger partial charge in [-0.1, -0.05) is 58.0 Å². The van der Waals surface area contributed by atoms with Gasteiger partial charge in [0.25, 0.3) is 5.56 Å². The van der Waals surface area contributed by atoms with Gasteiger partial charge >= 0.3 is 5.97 Å². The van der Waals surface area contributed by atoms with Crippen LogP contribution in [-0.2, 0) is 33.7 Å². The Kier molecular flexibility index (Phi) is 5.23. The number of rotatable bonds is 3. The van der Waals surface area contributed by atoms with Crippen LogP contribution < -0.4 is 5.56 Å². The van der Waals surface area contributed by atoms with Gasteiger partial charge in [-0.25, -0.2) is 9.78 Å². The van der Waals surface area contributed by atoms with E-state index in [-0.39, 0.29) is 24.0 Å². The van der Waals surface area contributed by atoms with Gasteiger partial charge in [0, 0.05) is 22.7 Å². The number of hydrogen-bond acceptors (Lipinski definition) is 6. The van der Waals surface area contributed by atoms with Gasteiger partial charge in [0.15, 0.2) is 5.60 Å². The molecular formula is C31H29N3O4. The predicted octanol–water partition coefficient (Wildman–Crippen LogP) is 5.04. The summed E-state index contributed by atoms with van der Waals surface area (Å²) in [4.78, 5) is 31.3. The third-order valence-electron chi connectivity index (χ3n) is 7.88. The summed E-state index contributed by atoms with van der Waals surface area (Å²) in [5.41, 5.74) is 5.17. The van der Waals surface area contributed by atoms with Crippen molar-refractivity contribution in [1.82, 2.24) is 9.55 Å². The first-order chi connectivity index (χ1) is 18.1. The third kappa shape index (κ3) is 3.31. The van der Waals surface area contributed by atoms with Gasteiger partial charge in [-0.15, -0.1) is 0 Å². The highest BCUT2D eigenvalue weighted by Gasteiger charge is 2.45. The number of nitrogens with zero attached hydrogens (tertiary/aromatic N) is 2. The lowest BCUT2D eigenvalue weighted by molar-refractivity contribution is -0.172. The molecule has 0 spiro atoms. The Morgan fingerprint density at radius 2 is 1.89 bits per heavy atom. The van der Waals surface area contributed by atoms with Crippen LogP contribution in [-0.4, -0.2) is 26.8 Å². The molecule has 0 saturated heterocycles. The van der Waals surface area contributed by atoms with Crippen LogP contribution in [0.15, 0.2) is 53.3 Å². The van der Waals surface area contributed by atoms with Gasteiger partial charge in [0.2, 0.25) is 0 Å². The minimum Gasteiger partial charge on any atom is -0.458 e. The van der Waals surface area contributed by atoms with Crippen molar-refractivity contribution in [2.45, 2.75) is 58.3 Å². The molecule has 0 radical (unpaired) electrons. The molecule has 4 aromatic rings. The van der Waals surface area contributed by atoms with Crippen LogP contribution in [0.3, 0.4) is 0 Å². The fraction of sp³-hybridized carbons (Fsp3) is 0.290. The Labute approximate surface area is 220 Å². The van der Waals surface area contributed by atoms with Crippen LogP contribution in [0.1, 0.15) is 61.9 Å². The maximum absolute atomic E-state index is 13.8. The molecule has 1 atom stereocenters. The molecule has 0 fully saturated rings. The summed E-state index contributed by atoms with van der Waals surface area (Å²) in [6.07, 6.45) is 1.42. The van der Waals surface area contributed by atoms with Crippen molar-refractivity contribution >= 4 is 23.1 Å². The number of nitrogens with one attached hydrogen (secondary N) is 1. The quantitative estimate of drug-likeness (QED) is 0.263. The van der Waals surface area contributed by atoms with Crippen molar-refractivity contribution in [3.05, 3.63) is 86.7 Å². The van der Waals surface area contributed by atoms with Gasteiger partial charge in [0.05, 0.1) is 29.0 Å². The molecule has 192 valence electrons. The van der Waals surface area contributed by atoms with Crippen LogP contribution in [0.4, 0.5) is 0 Å². The topological polar surface area (TPSA) is 105 Å². The Morgan fingerprint density at radius 3 is 2.61 bits per heavy atom. The summed E-state index contributed by atoms with van der Waals surface area (Å²) in [5, 5.41) is 20.0. The first kappa shape index (κ1) is 24.2. The molecule has 2 aromatic carbocycles. The molecule has 0 amide bonds. The number of carbonyl (C=O) groups is 1. The summed E-state index contributed by atoms with van der Waals surface area (Å²) in [6, 6.07) is 15.8. The first-order valence-corrected chi connectivity index (χ1v) is 12.8. The second-order valence-corrected chi connectivity index (χ2v) is 11.1. The average molecular weight is 508 g/mol. The lowest BCUT2D eigenvalue weighted by Crippen LogP contribution is -2.44. The zero-order chi connectivity index (χ0) is 27.0. The van der Waals surface area contributed by atoms with Gasteiger partial charge in [-0.05, 0) is 52.3 Å². The van der Waals surface area contributed by atoms with Crippen LogP contribution in [0.5, 0.6) is 0 Å². The standard InChI is InChI=1S/C31H29N3O4/c1-5-31(37)23-13-25-27-20(15-34(25)28(35)21(23)16-38-29(31)36)26(18-8-6-7-9-22(18)30(2,3)4)19-12-17(14-32)10-11-24(19)33-27/h6-14,32,37H,5,15-16H2,1-4H3. The van der Waals surface area contributed by atoms with E-state index in [9.17, 15) is 14.7 Å². The van der Waals surface area contributed by atoms with E-state index in [4.69, 9.17) is 15.1 Å². The van der Waals surface area contributed by atoms with Gasteiger partial charge in [-0.3, -0.25) is 4.79 Å². The Bertz CT molecular complexity index is 1750. The highest BCUT2D eigenvalue weighted by molar-refractivity contribution is 6.02. The van der Waals surface area contributed by atoms with Crippen LogP contribution >= 0.6 is 0 Å². The number of benzene rings is 2. The molecule has 0 saturated carbocycles. The van der Waals surface area contributed by atoms with E-state index >= 15 is 0 Å². The predicted molar refractivity (Wildman–Crippen MR) is 147 cm³/mol.